The lowest BCUT2D eigenvalue weighted by atomic mass is 10.1. The second-order valence-electron chi connectivity index (χ2n) is 7.65. The van der Waals surface area contributed by atoms with Gasteiger partial charge < -0.3 is 14.2 Å². The second kappa shape index (κ2) is 8.83. The zero-order valence-electron chi connectivity index (χ0n) is 18.1. The van der Waals surface area contributed by atoms with Crippen LogP contribution in [0.2, 0.25) is 0 Å². The van der Waals surface area contributed by atoms with Gasteiger partial charge in [-0.05, 0) is 52.0 Å². The highest BCUT2D eigenvalue weighted by atomic mass is 32.2. The van der Waals surface area contributed by atoms with Gasteiger partial charge in [-0.25, -0.2) is 9.48 Å². The van der Waals surface area contributed by atoms with Gasteiger partial charge in [0.1, 0.15) is 5.56 Å². The molecule has 0 atom stereocenters. The highest BCUT2D eigenvalue weighted by molar-refractivity contribution is 7.99. The molecule has 158 valence electrons. The van der Waals surface area contributed by atoms with E-state index in [9.17, 15) is 4.79 Å². The smallest absolute Gasteiger partial charge is 0.348 e. The highest BCUT2D eigenvalue weighted by Gasteiger charge is 2.29. The number of rotatable bonds is 6. The molecule has 0 aliphatic carbocycles. The summed E-state index contributed by atoms with van der Waals surface area (Å²) in [4.78, 5) is 15.0. The summed E-state index contributed by atoms with van der Waals surface area (Å²) in [5.74, 6) is 0.668. The van der Waals surface area contributed by atoms with Crippen LogP contribution in [0.25, 0.3) is 0 Å². The third-order valence-corrected chi connectivity index (χ3v) is 5.56. The van der Waals surface area contributed by atoms with E-state index in [1.54, 1.807) is 22.9 Å². The summed E-state index contributed by atoms with van der Waals surface area (Å²) >= 11 is 1.52. The Bertz CT molecular complexity index is 1040. The molecule has 1 aromatic heterocycles. The molecule has 1 heterocycles. The van der Waals surface area contributed by atoms with Crippen LogP contribution in [-0.4, -0.2) is 30.0 Å². The molecule has 0 unspecified atom stereocenters. The lowest BCUT2D eigenvalue weighted by molar-refractivity contribution is 0.0699. The molecule has 0 saturated heterocycles. The van der Waals surface area contributed by atoms with Crippen molar-refractivity contribution < 1.29 is 19.0 Å². The molecule has 0 fully saturated rings. The first-order valence-corrected chi connectivity index (χ1v) is 10.3. The van der Waals surface area contributed by atoms with E-state index >= 15 is 0 Å². The molecule has 6 nitrogen and oxygen atoms in total. The number of hydrogen-bond acceptors (Lipinski definition) is 6. The van der Waals surface area contributed by atoms with E-state index < -0.39 is 5.97 Å². The largest absolute Gasteiger partial charge is 0.493 e. The Labute approximate surface area is 181 Å². The first-order valence-electron chi connectivity index (χ1n) is 9.52. The minimum absolute atomic E-state index is 0.284. The Morgan fingerprint density at radius 3 is 2.30 bits per heavy atom. The van der Waals surface area contributed by atoms with E-state index in [2.05, 4.69) is 5.10 Å². The fourth-order valence-electron chi connectivity index (χ4n) is 2.95. The van der Waals surface area contributed by atoms with Crippen LogP contribution in [0.3, 0.4) is 0 Å². The Morgan fingerprint density at radius 1 is 1.00 bits per heavy atom. The molecule has 0 bridgehead atoms. The molecular formula is C23H26N2O4S. The first kappa shape index (κ1) is 21.8. The van der Waals surface area contributed by atoms with Crippen LogP contribution >= 0.6 is 11.8 Å². The number of ether oxygens (including phenoxy) is 3. The highest BCUT2D eigenvalue weighted by Crippen LogP contribution is 2.41. The summed E-state index contributed by atoms with van der Waals surface area (Å²) in [6.45, 7) is 7.95. The number of nitrogens with zero attached hydrogens (tertiary/aromatic N) is 2. The van der Waals surface area contributed by atoms with Crippen molar-refractivity contribution in [2.75, 3.05) is 14.2 Å². The Hall–Kier alpha value is -2.93. The molecule has 7 heteroatoms. The number of hydrogen-bond donors (Lipinski definition) is 0. The van der Waals surface area contributed by atoms with E-state index in [-0.39, 0.29) is 11.1 Å². The number of aryl methyl sites for hydroxylation is 1. The molecule has 0 aliphatic heterocycles. The number of aromatic nitrogens is 2. The first-order chi connectivity index (χ1) is 14.3. The van der Waals surface area contributed by atoms with Gasteiger partial charge in [0.2, 0.25) is 5.88 Å². The minimum atomic E-state index is -0.536. The third kappa shape index (κ3) is 4.46. The molecule has 0 spiro atoms. The monoisotopic (exact) mass is 426 g/mol. The van der Waals surface area contributed by atoms with Crippen LogP contribution in [0.5, 0.6) is 17.4 Å². The van der Waals surface area contributed by atoms with E-state index in [0.717, 1.165) is 15.5 Å². The zero-order chi connectivity index (χ0) is 21.9. The number of carbonyl (C=O) groups excluding carboxylic acids is 1. The number of para-hydroxylation sites is 1. The van der Waals surface area contributed by atoms with Crippen LogP contribution in [0.1, 0.15) is 36.8 Å². The summed E-state index contributed by atoms with van der Waals surface area (Å²) in [6, 6.07) is 15.0. The summed E-state index contributed by atoms with van der Waals surface area (Å²) in [5.41, 5.74) is 0.694. The average molecular weight is 427 g/mol. The maximum Gasteiger partial charge on any atom is 0.348 e. The van der Waals surface area contributed by atoms with Crippen molar-refractivity contribution in [3.8, 4) is 17.4 Å². The Kier molecular flexibility index (Phi) is 6.41. The minimum Gasteiger partial charge on any atom is -0.493 e. The predicted octanol–water partition coefficient (Wildman–Crippen LogP) is 5.33. The zero-order valence-corrected chi connectivity index (χ0v) is 18.9. The van der Waals surface area contributed by atoms with Crippen molar-refractivity contribution in [1.82, 2.24) is 9.78 Å². The van der Waals surface area contributed by atoms with Gasteiger partial charge in [0.15, 0.2) is 11.5 Å². The van der Waals surface area contributed by atoms with E-state index in [1.165, 1.54) is 26.0 Å². The van der Waals surface area contributed by atoms with Crippen molar-refractivity contribution in [3.05, 3.63) is 59.8 Å². The van der Waals surface area contributed by atoms with Gasteiger partial charge in [0, 0.05) is 4.90 Å². The quantitative estimate of drug-likeness (QED) is 0.496. The molecule has 0 amide bonds. The second-order valence-corrected chi connectivity index (χ2v) is 8.73. The van der Waals surface area contributed by atoms with E-state index in [4.69, 9.17) is 14.2 Å². The van der Waals surface area contributed by atoms with Crippen molar-refractivity contribution in [1.29, 1.82) is 0 Å². The fourth-order valence-corrected chi connectivity index (χ4v) is 3.88. The summed E-state index contributed by atoms with van der Waals surface area (Å²) in [6.07, 6.45) is 0. The van der Waals surface area contributed by atoms with Gasteiger partial charge >= 0.3 is 5.97 Å². The molecule has 3 aromatic rings. The van der Waals surface area contributed by atoms with Gasteiger partial charge in [0.05, 0.1) is 30.3 Å². The number of methoxy groups -OCH3 is 2. The van der Waals surface area contributed by atoms with Crippen molar-refractivity contribution in [2.24, 2.45) is 0 Å². The van der Waals surface area contributed by atoms with Gasteiger partial charge in [-0.3, -0.25) is 0 Å². The molecular weight excluding hydrogens is 400 g/mol. The fraction of sp³-hybridized carbons (Fsp3) is 0.304. The molecule has 0 aliphatic rings. The molecule has 2 aromatic carbocycles. The lowest BCUT2D eigenvalue weighted by Crippen LogP contribution is -2.25. The molecule has 0 saturated carbocycles. The predicted molar refractivity (Wildman–Crippen MR) is 117 cm³/mol. The summed E-state index contributed by atoms with van der Waals surface area (Å²) in [5, 5.41) is 4.66. The van der Waals surface area contributed by atoms with Gasteiger partial charge in [-0.1, -0.05) is 36.0 Å². The van der Waals surface area contributed by atoms with Crippen LogP contribution in [0, 0.1) is 6.92 Å². The number of esters is 1. The lowest BCUT2D eigenvalue weighted by Gasteiger charge is -2.22. The van der Waals surface area contributed by atoms with Crippen LogP contribution in [0.4, 0.5) is 0 Å². The van der Waals surface area contributed by atoms with Crippen LogP contribution in [0.15, 0.2) is 58.3 Å². The van der Waals surface area contributed by atoms with Gasteiger partial charge in [0.25, 0.3) is 0 Å². The maximum absolute atomic E-state index is 13.1. The van der Waals surface area contributed by atoms with Crippen molar-refractivity contribution in [2.45, 2.75) is 43.0 Å². The molecule has 0 N–H and O–H groups in total. The summed E-state index contributed by atoms with van der Waals surface area (Å²) in [7, 11) is 3.02. The Balaban J connectivity index is 2.05. The van der Waals surface area contributed by atoms with E-state index in [0.29, 0.717) is 17.4 Å². The van der Waals surface area contributed by atoms with E-state index in [1.807, 2.05) is 58.0 Å². The average Bonchev–Trinajstić information content (AvgIpc) is 3.03. The van der Waals surface area contributed by atoms with Crippen LogP contribution in [-0.2, 0) is 5.54 Å². The number of benzene rings is 2. The third-order valence-electron chi connectivity index (χ3n) is 4.38. The van der Waals surface area contributed by atoms with Crippen molar-refractivity contribution >= 4 is 17.7 Å². The molecule has 30 heavy (non-hydrogen) atoms. The van der Waals surface area contributed by atoms with Gasteiger partial charge in [-0.2, -0.15) is 5.10 Å². The summed E-state index contributed by atoms with van der Waals surface area (Å²) < 4.78 is 18.4. The normalized spacial score (nSPS) is 11.3. The SMILES string of the molecule is COc1cccc(C(=O)Oc2c(Sc3ccccc3)c(C)nn2C(C)(C)C)c1OC. The van der Waals surface area contributed by atoms with Crippen LogP contribution < -0.4 is 14.2 Å². The van der Waals surface area contributed by atoms with Gasteiger partial charge in [-0.15, -0.1) is 0 Å². The maximum atomic E-state index is 13.1. The molecule has 0 radical (unpaired) electrons. The Morgan fingerprint density at radius 2 is 1.70 bits per heavy atom. The molecule has 3 rings (SSSR count). The topological polar surface area (TPSA) is 62.6 Å². The van der Waals surface area contributed by atoms with Crippen molar-refractivity contribution in [3.63, 3.8) is 0 Å². The number of carbonyl (C=O) groups is 1. The standard InChI is InChI=1S/C23H26N2O4S/c1-15-20(30-16-11-8-7-9-12-16)21(25(24-15)23(2,3)4)29-22(26)17-13-10-14-18(27-5)19(17)28-6/h7-14H,1-6H3.